The zero-order valence-corrected chi connectivity index (χ0v) is 12.0. The molecule has 0 aliphatic carbocycles. The number of carbonyl (C=O) groups excluding carboxylic acids is 2. The Morgan fingerprint density at radius 3 is 2.32 bits per heavy atom. The van der Waals surface area contributed by atoms with Gasteiger partial charge < -0.3 is 14.4 Å². The fraction of sp³-hybridized carbons (Fsp3) is 0.857. The van der Waals surface area contributed by atoms with Gasteiger partial charge in [-0.1, -0.05) is 0 Å². The van der Waals surface area contributed by atoms with E-state index >= 15 is 0 Å². The zero-order chi connectivity index (χ0) is 14.0. The number of hydrogen-bond donors (Lipinski definition) is 0. The second-order valence-corrected chi connectivity index (χ2v) is 6.37. The first-order chi connectivity index (χ1) is 8.85. The highest BCUT2D eigenvalue weighted by molar-refractivity contribution is 5.82. The monoisotopic (exact) mass is 269 g/mol. The van der Waals surface area contributed by atoms with Crippen molar-refractivity contribution < 1.29 is 19.1 Å². The molecule has 2 saturated heterocycles. The molecule has 5 nitrogen and oxygen atoms in total. The zero-order valence-electron chi connectivity index (χ0n) is 12.0. The van der Waals surface area contributed by atoms with Crippen molar-refractivity contribution >= 4 is 11.9 Å². The molecule has 1 unspecified atom stereocenters. The smallest absolute Gasteiger partial charge is 0.410 e. The standard InChI is InChI=1S/C14H23NO4/c1-14(2,3)19-13(17)15-6-4-10(5-7-15)12(16)8-11-9-18-11/h10-11H,4-9H2,1-3H3. The van der Waals surface area contributed by atoms with Crippen LogP contribution in [0.5, 0.6) is 0 Å². The normalized spacial score (nSPS) is 24.2. The van der Waals surface area contributed by atoms with Gasteiger partial charge >= 0.3 is 6.09 Å². The van der Waals surface area contributed by atoms with Gasteiger partial charge in [0.05, 0.1) is 12.7 Å². The summed E-state index contributed by atoms with van der Waals surface area (Å²) in [6.45, 7) is 7.51. The van der Waals surface area contributed by atoms with E-state index < -0.39 is 5.60 Å². The Hall–Kier alpha value is -1.10. The second-order valence-electron chi connectivity index (χ2n) is 6.37. The van der Waals surface area contributed by atoms with Crippen LogP contribution in [0.15, 0.2) is 0 Å². The number of amides is 1. The number of ketones is 1. The Kier molecular flexibility index (Phi) is 4.13. The molecule has 2 aliphatic heterocycles. The van der Waals surface area contributed by atoms with Gasteiger partial charge in [-0.15, -0.1) is 0 Å². The van der Waals surface area contributed by atoms with Crippen molar-refractivity contribution in [3.8, 4) is 0 Å². The van der Waals surface area contributed by atoms with Crippen molar-refractivity contribution in [3.63, 3.8) is 0 Å². The van der Waals surface area contributed by atoms with E-state index in [-0.39, 0.29) is 23.9 Å². The first-order valence-electron chi connectivity index (χ1n) is 6.97. The van der Waals surface area contributed by atoms with Crippen molar-refractivity contribution in [2.24, 2.45) is 5.92 Å². The summed E-state index contributed by atoms with van der Waals surface area (Å²) in [6, 6.07) is 0. The van der Waals surface area contributed by atoms with E-state index in [0.717, 1.165) is 19.4 Å². The number of carbonyl (C=O) groups is 2. The lowest BCUT2D eigenvalue weighted by Gasteiger charge is -2.32. The number of ether oxygens (including phenoxy) is 2. The van der Waals surface area contributed by atoms with Crippen LogP contribution in [-0.2, 0) is 14.3 Å². The third-order valence-corrected chi connectivity index (χ3v) is 3.43. The molecule has 0 radical (unpaired) electrons. The number of hydrogen-bond acceptors (Lipinski definition) is 4. The summed E-state index contributed by atoms with van der Waals surface area (Å²) in [5, 5.41) is 0. The summed E-state index contributed by atoms with van der Waals surface area (Å²) >= 11 is 0. The van der Waals surface area contributed by atoms with Crippen LogP contribution in [0.4, 0.5) is 4.79 Å². The number of likely N-dealkylation sites (tertiary alicyclic amines) is 1. The number of epoxide rings is 1. The predicted molar refractivity (Wildman–Crippen MR) is 69.9 cm³/mol. The van der Waals surface area contributed by atoms with Gasteiger partial charge in [0.15, 0.2) is 0 Å². The van der Waals surface area contributed by atoms with E-state index in [2.05, 4.69) is 0 Å². The Balaban J connectivity index is 1.75. The summed E-state index contributed by atoms with van der Waals surface area (Å²) < 4.78 is 10.4. The van der Waals surface area contributed by atoms with Gasteiger partial charge in [-0.3, -0.25) is 4.79 Å². The lowest BCUT2D eigenvalue weighted by Crippen LogP contribution is -2.43. The van der Waals surface area contributed by atoms with Crippen molar-refractivity contribution in [2.45, 2.75) is 51.7 Å². The summed E-state index contributed by atoms with van der Waals surface area (Å²) in [5.74, 6) is 0.370. The van der Waals surface area contributed by atoms with Crippen molar-refractivity contribution in [1.82, 2.24) is 4.90 Å². The fourth-order valence-electron chi connectivity index (χ4n) is 2.29. The van der Waals surface area contributed by atoms with Crippen LogP contribution in [0.3, 0.4) is 0 Å². The van der Waals surface area contributed by atoms with E-state index in [1.54, 1.807) is 4.90 Å². The van der Waals surface area contributed by atoms with E-state index in [0.29, 0.717) is 19.5 Å². The molecule has 0 N–H and O–H groups in total. The molecule has 0 bridgehead atoms. The summed E-state index contributed by atoms with van der Waals surface area (Å²) in [7, 11) is 0. The molecule has 1 amide bonds. The predicted octanol–water partition coefficient (Wildman–Crippen LogP) is 1.99. The first-order valence-corrected chi connectivity index (χ1v) is 6.97. The van der Waals surface area contributed by atoms with Crippen LogP contribution in [0.25, 0.3) is 0 Å². The topological polar surface area (TPSA) is 59.1 Å². The van der Waals surface area contributed by atoms with Gasteiger partial charge in [-0.25, -0.2) is 4.79 Å². The molecule has 0 saturated carbocycles. The van der Waals surface area contributed by atoms with Gasteiger partial charge in [0.25, 0.3) is 0 Å². The summed E-state index contributed by atoms with van der Waals surface area (Å²) in [4.78, 5) is 25.5. The SMILES string of the molecule is CC(C)(C)OC(=O)N1CCC(C(=O)CC2CO2)CC1. The van der Waals surface area contributed by atoms with Crippen LogP contribution in [0, 0.1) is 5.92 Å². The molecule has 19 heavy (non-hydrogen) atoms. The molecular weight excluding hydrogens is 246 g/mol. The maximum absolute atomic E-state index is 11.9. The van der Waals surface area contributed by atoms with Crippen LogP contribution < -0.4 is 0 Å². The molecule has 0 aromatic rings. The Morgan fingerprint density at radius 1 is 1.26 bits per heavy atom. The Morgan fingerprint density at radius 2 is 1.84 bits per heavy atom. The third-order valence-electron chi connectivity index (χ3n) is 3.43. The molecule has 2 fully saturated rings. The Bertz CT molecular complexity index is 349. The molecule has 0 aromatic carbocycles. The lowest BCUT2D eigenvalue weighted by molar-refractivity contribution is -0.124. The highest BCUT2D eigenvalue weighted by atomic mass is 16.6. The van der Waals surface area contributed by atoms with Crippen LogP contribution in [0.1, 0.15) is 40.0 Å². The van der Waals surface area contributed by atoms with Gasteiger partial charge in [0, 0.05) is 25.4 Å². The van der Waals surface area contributed by atoms with Gasteiger partial charge in [-0.2, -0.15) is 0 Å². The van der Waals surface area contributed by atoms with E-state index in [9.17, 15) is 9.59 Å². The molecule has 0 aromatic heterocycles. The molecule has 1 atom stereocenters. The maximum atomic E-state index is 11.9. The number of piperidine rings is 1. The molecule has 2 aliphatic rings. The minimum absolute atomic E-state index is 0.0860. The van der Waals surface area contributed by atoms with Crippen LogP contribution >= 0.6 is 0 Å². The number of Topliss-reactive ketones (excluding diaryl/α,β-unsaturated/α-hetero) is 1. The molecule has 2 heterocycles. The maximum Gasteiger partial charge on any atom is 0.410 e. The second kappa shape index (κ2) is 5.49. The van der Waals surface area contributed by atoms with Gasteiger partial charge in [0.2, 0.25) is 0 Å². The average Bonchev–Trinajstić information content (AvgIpc) is 3.11. The summed E-state index contributed by atoms with van der Waals surface area (Å²) in [5.41, 5.74) is -0.465. The first kappa shape index (κ1) is 14.3. The quantitative estimate of drug-likeness (QED) is 0.735. The van der Waals surface area contributed by atoms with Gasteiger partial charge in [0.1, 0.15) is 11.4 Å². The largest absolute Gasteiger partial charge is 0.444 e. The molecule has 0 spiro atoms. The Labute approximate surface area is 114 Å². The van der Waals surface area contributed by atoms with E-state index in [4.69, 9.17) is 9.47 Å². The minimum Gasteiger partial charge on any atom is -0.444 e. The molecular formula is C14H23NO4. The molecule has 5 heteroatoms. The van der Waals surface area contributed by atoms with Gasteiger partial charge in [-0.05, 0) is 33.6 Å². The number of rotatable bonds is 3. The van der Waals surface area contributed by atoms with Crippen molar-refractivity contribution in [1.29, 1.82) is 0 Å². The molecule has 108 valence electrons. The minimum atomic E-state index is -0.465. The molecule has 2 rings (SSSR count). The van der Waals surface area contributed by atoms with Crippen LogP contribution in [-0.4, -0.2) is 48.2 Å². The van der Waals surface area contributed by atoms with Crippen LogP contribution in [0.2, 0.25) is 0 Å². The van der Waals surface area contributed by atoms with Crippen molar-refractivity contribution in [2.75, 3.05) is 19.7 Å². The third kappa shape index (κ3) is 4.49. The number of nitrogens with zero attached hydrogens (tertiary/aromatic N) is 1. The summed E-state index contributed by atoms with van der Waals surface area (Å²) in [6.07, 6.45) is 1.91. The van der Waals surface area contributed by atoms with E-state index in [1.807, 2.05) is 20.8 Å². The fourth-order valence-corrected chi connectivity index (χ4v) is 2.29. The highest BCUT2D eigenvalue weighted by Gasteiger charge is 2.33. The average molecular weight is 269 g/mol. The highest BCUT2D eigenvalue weighted by Crippen LogP contribution is 2.24. The van der Waals surface area contributed by atoms with E-state index in [1.165, 1.54) is 0 Å². The van der Waals surface area contributed by atoms with Crippen molar-refractivity contribution in [3.05, 3.63) is 0 Å². The lowest BCUT2D eigenvalue weighted by atomic mass is 9.90.